The van der Waals surface area contributed by atoms with E-state index in [0.717, 1.165) is 6.42 Å². The van der Waals surface area contributed by atoms with Gasteiger partial charge in [-0.25, -0.2) is 0 Å². The maximum absolute atomic E-state index is 9.70. The van der Waals surface area contributed by atoms with Crippen LogP contribution in [0.1, 0.15) is 30.0 Å². The van der Waals surface area contributed by atoms with Crippen molar-refractivity contribution in [2.75, 3.05) is 13.1 Å². The van der Waals surface area contributed by atoms with Crippen LogP contribution in [-0.2, 0) is 6.42 Å². The predicted octanol–water partition coefficient (Wildman–Crippen LogP) is 2.09. The minimum Gasteiger partial charge on any atom is -0.508 e. The standard InChI is InChI=1S/C12H15NO/c14-12-4-1-3-9-10(12)5-6-11(9)13-7-2-8-13/h1,3-4,11,14H,2,5-8H2. The minimum atomic E-state index is 0.491. The van der Waals surface area contributed by atoms with Crippen LogP contribution >= 0.6 is 0 Å². The molecule has 1 unspecified atom stereocenters. The molecule has 0 aromatic heterocycles. The number of benzene rings is 1. The first kappa shape index (κ1) is 8.30. The van der Waals surface area contributed by atoms with E-state index in [2.05, 4.69) is 11.0 Å². The van der Waals surface area contributed by atoms with Crippen molar-refractivity contribution in [3.05, 3.63) is 29.3 Å². The number of aromatic hydroxyl groups is 1. The van der Waals surface area contributed by atoms with Crippen molar-refractivity contribution in [2.45, 2.75) is 25.3 Å². The number of phenolic OH excluding ortho intramolecular Hbond substituents is 1. The van der Waals surface area contributed by atoms with Crippen LogP contribution < -0.4 is 0 Å². The molecule has 0 amide bonds. The Morgan fingerprint density at radius 2 is 2.14 bits per heavy atom. The number of phenols is 1. The zero-order valence-electron chi connectivity index (χ0n) is 8.24. The molecular weight excluding hydrogens is 174 g/mol. The van der Waals surface area contributed by atoms with Crippen molar-refractivity contribution in [1.29, 1.82) is 0 Å². The Morgan fingerprint density at radius 1 is 1.29 bits per heavy atom. The first-order chi connectivity index (χ1) is 6.86. The van der Waals surface area contributed by atoms with E-state index in [1.54, 1.807) is 6.07 Å². The molecule has 0 bridgehead atoms. The third-order valence-corrected chi connectivity index (χ3v) is 3.55. The van der Waals surface area contributed by atoms with Crippen LogP contribution in [0.25, 0.3) is 0 Å². The molecule has 1 N–H and O–H groups in total. The summed E-state index contributed by atoms with van der Waals surface area (Å²) >= 11 is 0. The highest BCUT2D eigenvalue weighted by molar-refractivity contribution is 5.44. The molecule has 0 radical (unpaired) electrons. The zero-order valence-corrected chi connectivity index (χ0v) is 8.24. The first-order valence-corrected chi connectivity index (χ1v) is 5.41. The lowest BCUT2D eigenvalue weighted by Crippen LogP contribution is -2.39. The van der Waals surface area contributed by atoms with Crippen molar-refractivity contribution >= 4 is 0 Å². The molecule has 1 fully saturated rings. The summed E-state index contributed by atoms with van der Waals surface area (Å²) in [6.45, 7) is 2.47. The van der Waals surface area contributed by atoms with Crippen LogP contribution in [0.15, 0.2) is 18.2 Å². The summed E-state index contributed by atoms with van der Waals surface area (Å²) in [6, 6.07) is 6.53. The molecule has 2 nitrogen and oxygen atoms in total. The molecule has 1 heterocycles. The molecule has 2 heteroatoms. The first-order valence-electron chi connectivity index (χ1n) is 5.41. The predicted molar refractivity (Wildman–Crippen MR) is 55.4 cm³/mol. The molecule has 1 aromatic rings. The second kappa shape index (κ2) is 2.99. The summed E-state index contributed by atoms with van der Waals surface area (Å²) in [5.74, 6) is 0.491. The maximum atomic E-state index is 9.70. The Labute approximate surface area is 84.2 Å². The third kappa shape index (κ3) is 1.07. The highest BCUT2D eigenvalue weighted by Crippen LogP contribution is 2.41. The van der Waals surface area contributed by atoms with E-state index in [1.165, 1.54) is 37.1 Å². The Bertz CT molecular complexity index is 357. The summed E-state index contributed by atoms with van der Waals surface area (Å²) in [5, 5.41) is 9.70. The molecule has 0 saturated carbocycles. The topological polar surface area (TPSA) is 23.5 Å². The number of likely N-dealkylation sites (tertiary alicyclic amines) is 1. The number of hydrogen-bond acceptors (Lipinski definition) is 2. The van der Waals surface area contributed by atoms with Crippen LogP contribution in [0.4, 0.5) is 0 Å². The van der Waals surface area contributed by atoms with E-state index < -0.39 is 0 Å². The Kier molecular flexibility index (Phi) is 1.77. The summed E-state index contributed by atoms with van der Waals surface area (Å²) in [6.07, 6.45) is 3.57. The second-order valence-corrected chi connectivity index (χ2v) is 4.29. The van der Waals surface area contributed by atoms with Crippen LogP contribution in [0.2, 0.25) is 0 Å². The van der Waals surface area contributed by atoms with Gasteiger partial charge in [0.15, 0.2) is 0 Å². The molecule has 1 saturated heterocycles. The molecule has 2 aliphatic rings. The Balaban J connectivity index is 1.97. The van der Waals surface area contributed by atoms with E-state index in [9.17, 15) is 5.11 Å². The minimum absolute atomic E-state index is 0.491. The van der Waals surface area contributed by atoms with Crippen molar-refractivity contribution in [2.24, 2.45) is 0 Å². The van der Waals surface area contributed by atoms with Crippen molar-refractivity contribution in [3.8, 4) is 5.75 Å². The quantitative estimate of drug-likeness (QED) is 0.731. The van der Waals surface area contributed by atoms with Crippen molar-refractivity contribution < 1.29 is 5.11 Å². The fourth-order valence-corrected chi connectivity index (χ4v) is 2.64. The van der Waals surface area contributed by atoms with E-state index in [-0.39, 0.29) is 0 Å². The molecule has 3 rings (SSSR count). The fraction of sp³-hybridized carbons (Fsp3) is 0.500. The van der Waals surface area contributed by atoms with E-state index in [1.807, 2.05) is 6.07 Å². The molecule has 1 atom stereocenters. The summed E-state index contributed by atoms with van der Waals surface area (Å²) in [5.41, 5.74) is 2.55. The number of fused-ring (bicyclic) bond motifs is 1. The number of nitrogens with zero attached hydrogens (tertiary/aromatic N) is 1. The van der Waals surface area contributed by atoms with Crippen LogP contribution in [0.5, 0.6) is 5.75 Å². The number of hydrogen-bond donors (Lipinski definition) is 1. The van der Waals surface area contributed by atoms with Crippen molar-refractivity contribution in [3.63, 3.8) is 0 Å². The molecule has 1 aromatic carbocycles. The molecule has 14 heavy (non-hydrogen) atoms. The van der Waals surface area contributed by atoms with Crippen LogP contribution in [0, 0.1) is 0 Å². The van der Waals surface area contributed by atoms with Gasteiger partial charge in [-0.3, -0.25) is 4.90 Å². The average Bonchev–Trinajstić information content (AvgIpc) is 2.48. The van der Waals surface area contributed by atoms with Gasteiger partial charge in [-0.05, 0) is 49.5 Å². The summed E-state index contributed by atoms with van der Waals surface area (Å²) in [4.78, 5) is 2.52. The van der Waals surface area contributed by atoms with Gasteiger partial charge in [0, 0.05) is 6.04 Å². The summed E-state index contributed by atoms with van der Waals surface area (Å²) in [7, 11) is 0. The molecular formula is C12H15NO. The van der Waals surface area contributed by atoms with Gasteiger partial charge in [0.25, 0.3) is 0 Å². The van der Waals surface area contributed by atoms with Gasteiger partial charge in [0.2, 0.25) is 0 Å². The van der Waals surface area contributed by atoms with Gasteiger partial charge in [0.05, 0.1) is 0 Å². The highest BCUT2D eigenvalue weighted by atomic mass is 16.3. The Hall–Kier alpha value is -1.02. The second-order valence-electron chi connectivity index (χ2n) is 4.29. The summed E-state index contributed by atoms with van der Waals surface area (Å²) < 4.78 is 0. The van der Waals surface area contributed by atoms with Crippen LogP contribution in [-0.4, -0.2) is 23.1 Å². The van der Waals surface area contributed by atoms with Crippen LogP contribution in [0.3, 0.4) is 0 Å². The van der Waals surface area contributed by atoms with E-state index in [0.29, 0.717) is 11.8 Å². The van der Waals surface area contributed by atoms with Gasteiger partial charge in [-0.1, -0.05) is 12.1 Å². The van der Waals surface area contributed by atoms with Gasteiger partial charge in [0.1, 0.15) is 5.75 Å². The molecule has 1 aliphatic carbocycles. The fourth-order valence-electron chi connectivity index (χ4n) is 2.64. The molecule has 1 aliphatic heterocycles. The monoisotopic (exact) mass is 189 g/mol. The SMILES string of the molecule is Oc1cccc2c1CCC2N1CCC1. The lowest BCUT2D eigenvalue weighted by atomic mass is 10.0. The lowest BCUT2D eigenvalue weighted by Gasteiger charge is -2.36. The Morgan fingerprint density at radius 3 is 2.86 bits per heavy atom. The van der Waals surface area contributed by atoms with Gasteiger partial charge < -0.3 is 5.11 Å². The lowest BCUT2D eigenvalue weighted by molar-refractivity contribution is 0.118. The maximum Gasteiger partial charge on any atom is 0.119 e. The zero-order chi connectivity index (χ0) is 9.54. The van der Waals surface area contributed by atoms with E-state index in [4.69, 9.17) is 0 Å². The third-order valence-electron chi connectivity index (χ3n) is 3.55. The van der Waals surface area contributed by atoms with Gasteiger partial charge in [-0.15, -0.1) is 0 Å². The van der Waals surface area contributed by atoms with E-state index >= 15 is 0 Å². The van der Waals surface area contributed by atoms with Gasteiger partial charge >= 0.3 is 0 Å². The average molecular weight is 189 g/mol. The number of rotatable bonds is 1. The smallest absolute Gasteiger partial charge is 0.119 e. The van der Waals surface area contributed by atoms with Gasteiger partial charge in [-0.2, -0.15) is 0 Å². The molecule has 0 spiro atoms. The van der Waals surface area contributed by atoms with Crippen molar-refractivity contribution in [1.82, 2.24) is 4.90 Å². The normalized spacial score (nSPS) is 25.9. The highest BCUT2D eigenvalue weighted by Gasteiger charge is 2.31. The largest absolute Gasteiger partial charge is 0.508 e. The molecule has 74 valence electrons.